The minimum absolute atomic E-state index is 0.0849. The fourth-order valence-corrected chi connectivity index (χ4v) is 4.71. The van der Waals surface area contributed by atoms with E-state index in [4.69, 9.17) is 4.74 Å². The number of carbonyl (C=O) groups excluding carboxylic acids is 4. The Labute approximate surface area is 128 Å². The third kappa shape index (κ3) is 2.78. The molecule has 0 aromatic rings. The predicted molar refractivity (Wildman–Crippen MR) is 71.2 cm³/mol. The molecule has 22 heavy (non-hydrogen) atoms. The van der Waals surface area contributed by atoms with Crippen LogP contribution in [-0.4, -0.2) is 30.1 Å². The fourth-order valence-electron chi connectivity index (χ4n) is 4.71. The van der Waals surface area contributed by atoms with Crippen LogP contribution in [0.4, 0.5) is 0 Å². The molecule has 0 aromatic heterocycles. The number of esters is 1. The molecule has 4 saturated carbocycles. The van der Waals surface area contributed by atoms with Crippen LogP contribution in [0.25, 0.3) is 0 Å². The van der Waals surface area contributed by atoms with Gasteiger partial charge in [-0.25, -0.2) is 0 Å². The summed E-state index contributed by atoms with van der Waals surface area (Å²) in [4.78, 5) is 44.9. The SMILES string of the molecule is O=C(CCC(=O)C(=O)[O-])OCC12CC3CC(C1)C(=O)C(C3)C2. The van der Waals surface area contributed by atoms with Crippen molar-refractivity contribution >= 4 is 23.5 Å². The van der Waals surface area contributed by atoms with Crippen molar-refractivity contribution in [2.45, 2.75) is 44.9 Å². The van der Waals surface area contributed by atoms with E-state index in [0.29, 0.717) is 11.7 Å². The van der Waals surface area contributed by atoms with Crippen LogP contribution in [0.15, 0.2) is 0 Å². The van der Waals surface area contributed by atoms with Crippen LogP contribution in [0.3, 0.4) is 0 Å². The third-order valence-electron chi connectivity index (χ3n) is 5.44. The van der Waals surface area contributed by atoms with Gasteiger partial charge in [-0.05, 0) is 38.0 Å². The molecule has 0 N–H and O–H groups in total. The first kappa shape index (κ1) is 15.2. The molecular weight excluding hydrogens is 288 g/mol. The number of rotatable bonds is 6. The second-order valence-corrected chi connectivity index (χ2v) is 7.12. The molecule has 0 heterocycles. The van der Waals surface area contributed by atoms with Crippen molar-refractivity contribution < 1.29 is 29.0 Å². The minimum Gasteiger partial charge on any atom is -0.542 e. The maximum atomic E-state index is 12.1. The van der Waals surface area contributed by atoms with E-state index in [1.807, 2.05) is 0 Å². The summed E-state index contributed by atoms with van der Waals surface area (Å²) in [6.45, 7) is 0.280. The summed E-state index contributed by atoms with van der Waals surface area (Å²) in [5, 5.41) is 10.3. The smallest absolute Gasteiger partial charge is 0.306 e. The van der Waals surface area contributed by atoms with Crippen molar-refractivity contribution in [3.63, 3.8) is 0 Å². The van der Waals surface area contributed by atoms with Crippen LogP contribution < -0.4 is 5.11 Å². The first-order valence-electron chi connectivity index (χ1n) is 7.82. The topological polar surface area (TPSA) is 101 Å². The summed E-state index contributed by atoms with van der Waals surface area (Å²) in [6.07, 6.45) is 3.92. The van der Waals surface area contributed by atoms with E-state index in [1.165, 1.54) is 0 Å². The Morgan fingerprint density at radius 2 is 1.73 bits per heavy atom. The molecule has 2 atom stereocenters. The third-order valence-corrected chi connectivity index (χ3v) is 5.44. The highest BCUT2D eigenvalue weighted by Crippen LogP contribution is 2.58. The van der Waals surface area contributed by atoms with Gasteiger partial charge >= 0.3 is 5.97 Å². The molecule has 0 saturated heterocycles. The molecule has 0 aliphatic heterocycles. The van der Waals surface area contributed by atoms with Crippen molar-refractivity contribution in [3.05, 3.63) is 0 Å². The maximum absolute atomic E-state index is 12.1. The Hall–Kier alpha value is -1.72. The van der Waals surface area contributed by atoms with Crippen LogP contribution >= 0.6 is 0 Å². The molecule has 4 aliphatic rings. The van der Waals surface area contributed by atoms with E-state index in [0.717, 1.165) is 32.1 Å². The zero-order valence-corrected chi connectivity index (χ0v) is 12.3. The van der Waals surface area contributed by atoms with Gasteiger partial charge in [0.05, 0.1) is 13.0 Å². The average molecular weight is 307 g/mol. The van der Waals surface area contributed by atoms with Gasteiger partial charge in [0.1, 0.15) is 11.8 Å². The number of carboxylic acids is 1. The molecule has 6 heteroatoms. The second kappa shape index (κ2) is 5.48. The van der Waals surface area contributed by atoms with Crippen molar-refractivity contribution in [3.8, 4) is 0 Å². The highest BCUT2D eigenvalue weighted by Gasteiger charge is 2.55. The van der Waals surface area contributed by atoms with Crippen LogP contribution in [-0.2, 0) is 23.9 Å². The highest BCUT2D eigenvalue weighted by atomic mass is 16.5. The zero-order chi connectivity index (χ0) is 15.9. The highest BCUT2D eigenvalue weighted by molar-refractivity contribution is 6.31. The molecule has 6 nitrogen and oxygen atoms in total. The Kier molecular flexibility index (Phi) is 3.78. The van der Waals surface area contributed by atoms with Gasteiger partial charge in [0.2, 0.25) is 0 Å². The largest absolute Gasteiger partial charge is 0.542 e. The van der Waals surface area contributed by atoms with Gasteiger partial charge in [-0.15, -0.1) is 0 Å². The van der Waals surface area contributed by atoms with Gasteiger partial charge in [0.15, 0.2) is 5.78 Å². The lowest BCUT2D eigenvalue weighted by Crippen LogP contribution is -2.53. The van der Waals surface area contributed by atoms with Crippen LogP contribution in [0, 0.1) is 23.2 Å². The Balaban J connectivity index is 1.51. The molecule has 0 aromatic carbocycles. The Morgan fingerprint density at radius 1 is 1.09 bits per heavy atom. The van der Waals surface area contributed by atoms with Gasteiger partial charge < -0.3 is 14.6 Å². The van der Waals surface area contributed by atoms with Gasteiger partial charge in [0.25, 0.3) is 0 Å². The molecule has 4 aliphatic carbocycles. The van der Waals surface area contributed by atoms with Gasteiger partial charge in [-0.3, -0.25) is 14.4 Å². The maximum Gasteiger partial charge on any atom is 0.306 e. The lowest BCUT2D eigenvalue weighted by atomic mass is 9.49. The number of carboxylic acid groups (broad SMARTS) is 1. The quantitative estimate of drug-likeness (QED) is 0.506. The number of Topliss-reactive ketones (excluding diaryl/α,β-unsaturated/α-hetero) is 2. The normalized spacial score (nSPS) is 35.5. The monoisotopic (exact) mass is 307 g/mol. The summed E-state index contributed by atoms with van der Waals surface area (Å²) in [5.41, 5.74) is -0.0849. The minimum atomic E-state index is -1.77. The number of hydrogen-bond donors (Lipinski definition) is 0. The molecule has 0 amide bonds. The first-order chi connectivity index (χ1) is 10.4. The summed E-state index contributed by atoms with van der Waals surface area (Å²) >= 11 is 0. The fraction of sp³-hybridized carbons (Fsp3) is 0.750. The molecule has 4 bridgehead atoms. The molecule has 0 spiro atoms. The first-order valence-corrected chi connectivity index (χ1v) is 7.82. The van der Waals surface area contributed by atoms with Crippen LogP contribution in [0.1, 0.15) is 44.9 Å². The van der Waals surface area contributed by atoms with E-state index >= 15 is 0 Å². The van der Waals surface area contributed by atoms with Gasteiger partial charge in [0, 0.05) is 23.7 Å². The van der Waals surface area contributed by atoms with Crippen molar-refractivity contribution in [1.82, 2.24) is 0 Å². The van der Waals surface area contributed by atoms with E-state index in [-0.39, 0.29) is 36.7 Å². The van der Waals surface area contributed by atoms with Crippen molar-refractivity contribution in [2.24, 2.45) is 23.2 Å². The van der Waals surface area contributed by atoms with E-state index in [9.17, 15) is 24.3 Å². The lowest BCUT2D eigenvalue weighted by molar-refractivity contribution is -0.300. The van der Waals surface area contributed by atoms with E-state index in [1.54, 1.807) is 0 Å². The molecule has 2 unspecified atom stereocenters. The Bertz CT molecular complexity index is 519. The molecule has 4 rings (SSSR count). The van der Waals surface area contributed by atoms with Crippen molar-refractivity contribution in [1.29, 1.82) is 0 Å². The number of ketones is 2. The van der Waals surface area contributed by atoms with Crippen molar-refractivity contribution in [2.75, 3.05) is 6.61 Å². The predicted octanol–water partition coefficient (Wildman–Crippen LogP) is 0.0242. The van der Waals surface area contributed by atoms with Gasteiger partial charge in [-0.1, -0.05) is 0 Å². The van der Waals surface area contributed by atoms with Gasteiger partial charge in [-0.2, -0.15) is 0 Å². The Morgan fingerprint density at radius 3 is 2.32 bits per heavy atom. The zero-order valence-electron chi connectivity index (χ0n) is 12.3. The second-order valence-electron chi connectivity index (χ2n) is 7.12. The number of hydrogen-bond acceptors (Lipinski definition) is 6. The van der Waals surface area contributed by atoms with Crippen LogP contribution in [0.5, 0.6) is 0 Å². The van der Waals surface area contributed by atoms with Crippen LogP contribution in [0.2, 0.25) is 0 Å². The number of aliphatic carboxylic acids is 1. The summed E-state index contributed by atoms with van der Waals surface area (Å²) in [7, 11) is 0. The summed E-state index contributed by atoms with van der Waals surface area (Å²) in [6, 6.07) is 0. The van der Waals surface area contributed by atoms with E-state index < -0.39 is 17.7 Å². The van der Waals surface area contributed by atoms with E-state index in [2.05, 4.69) is 0 Å². The molecule has 4 fully saturated rings. The summed E-state index contributed by atoms with van der Waals surface area (Å²) < 4.78 is 5.28. The lowest BCUT2D eigenvalue weighted by Gasteiger charge is -2.55. The molecule has 120 valence electrons. The standard InChI is InChI=1S/C16H20O6/c17-12(15(20)21)1-2-13(18)22-8-16-5-9-3-10(6-16)14(19)11(4-9)7-16/h9-11H,1-8H2,(H,20,21)/p-1. The summed E-state index contributed by atoms with van der Waals surface area (Å²) in [5.74, 6) is -2.21. The molecule has 0 radical (unpaired) electrons. The molecular formula is C16H19O6-. The average Bonchev–Trinajstić information content (AvgIpc) is 2.47. The number of ether oxygens (including phenoxy) is 1. The number of carbonyl (C=O) groups is 4.